The molecule has 3 atom stereocenters. The Kier molecular flexibility index (Phi) is 19.7. The SMILES string of the molecule is CC(C)C(Cl)OC(=O)C1CCCCC1.CCCCCCOc1nsnc1C1=CCC[N+](C)(C(OC(=O)C2CCCCC2)C(C)C)C1.[I-]. The minimum Gasteiger partial charge on any atom is -1.00 e. The quantitative estimate of drug-likeness (QED) is 0.0731. The van der Waals surface area contributed by atoms with E-state index in [2.05, 4.69) is 42.6 Å². The molecule has 0 aromatic carbocycles. The first kappa shape index (κ1) is 42.2. The summed E-state index contributed by atoms with van der Waals surface area (Å²) in [6.45, 7) is 12.9. The van der Waals surface area contributed by atoms with Crippen molar-refractivity contribution in [1.82, 2.24) is 8.75 Å². The maximum Gasteiger partial charge on any atom is 0.313 e. The average molecular weight is 810 g/mol. The van der Waals surface area contributed by atoms with Crippen LogP contribution in [-0.4, -0.2) is 63.7 Å². The van der Waals surface area contributed by atoms with Gasteiger partial charge in [-0.3, -0.25) is 14.1 Å². The molecule has 3 unspecified atom stereocenters. The summed E-state index contributed by atoms with van der Waals surface area (Å²) < 4.78 is 27.1. The zero-order chi connectivity index (χ0) is 33.5. The topological polar surface area (TPSA) is 87.6 Å². The van der Waals surface area contributed by atoms with Gasteiger partial charge in [0.1, 0.15) is 12.2 Å². The summed E-state index contributed by atoms with van der Waals surface area (Å²) >= 11 is 7.10. The molecule has 0 spiro atoms. The van der Waals surface area contributed by atoms with E-state index in [9.17, 15) is 9.59 Å². The molecule has 1 aromatic rings. The highest BCUT2D eigenvalue weighted by Gasteiger charge is 2.42. The molecule has 8 nitrogen and oxygen atoms in total. The van der Waals surface area contributed by atoms with Gasteiger partial charge in [0, 0.05) is 23.8 Å². The number of ether oxygens (including phenoxy) is 3. The fourth-order valence-electron chi connectivity index (χ4n) is 6.84. The van der Waals surface area contributed by atoms with Gasteiger partial charge in [-0.2, -0.15) is 4.37 Å². The first-order valence-corrected chi connectivity index (χ1v) is 19.3. The molecule has 2 aliphatic carbocycles. The highest BCUT2D eigenvalue weighted by atomic mass is 127. The van der Waals surface area contributed by atoms with Gasteiger partial charge in [0.15, 0.2) is 5.56 Å². The second kappa shape index (κ2) is 22.0. The monoisotopic (exact) mass is 809 g/mol. The van der Waals surface area contributed by atoms with Crippen molar-refractivity contribution in [3.05, 3.63) is 11.8 Å². The molecule has 0 bridgehead atoms. The molecule has 2 fully saturated rings. The van der Waals surface area contributed by atoms with Crippen LogP contribution in [0.25, 0.3) is 5.57 Å². The van der Waals surface area contributed by atoms with Crippen molar-refractivity contribution in [2.45, 2.75) is 143 Å². The molecule has 47 heavy (non-hydrogen) atoms. The Balaban J connectivity index is 0.000000431. The number of rotatable bonds is 14. The van der Waals surface area contributed by atoms with Crippen LogP contribution in [0.5, 0.6) is 5.88 Å². The number of halogens is 2. The number of carbonyl (C=O) groups excluding carboxylic acids is 2. The largest absolute Gasteiger partial charge is 1.00 e. The summed E-state index contributed by atoms with van der Waals surface area (Å²) in [5.41, 5.74) is 1.57. The molecule has 0 N–H and O–H groups in total. The van der Waals surface area contributed by atoms with Crippen LogP contribution in [0.3, 0.4) is 0 Å². The van der Waals surface area contributed by atoms with E-state index in [1.54, 1.807) is 0 Å². The number of alkyl halides is 1. The lowest BCUT2D eigenvalue weighted by molar-refractivity contribution is -0.950. The summed E-state index contributed by atoms with van der Waals surface area (Å²) in [5, 5.41) is 0. The van der Waals surface area contributed by atoms with Crippen LogP contribution < -0.4 is 28.7 Å². The summed E-state index contributed by atoms with van der Waals surface area (Å²) in [4.78, 5) is 24.6. The van der Waals surface area contributed by atoms with Gasteiger partial charge in [-0.05, 0) is 32.1 Å². The van der Waals surface area contributed by atoms with E-state index in [1.165, 1.54) is 43.8 Å². The molecule has 270 valence electrons. The molecule has 4 rings (SSSR count). The third-order valence-electron chi connectivity index (χ3n) is 9.61. The molecule has 1 aromatic heterocycles. The lowest BCUT2D eigenvalue weighted by Gasteiger charge is -2.44. The third kappa shape index (κ3) is 13.7. The van der Waals surface area contributed by atoms with Gasteiger partial charge in [-0.15, -0.1) is 4.37 Å². The van der Waals surface area contributed by atoms with Crippen molar-refractivity contribution in [3.63, 3.8) is 0 Å². The highest BCUT2D eigenvalue weighted by Crippen LogP contribution is 2.35. The Morgan fingerprint density at radius 2 is 1.49 bits per heavy atom. The Morgan fingerprint density at radius 1 is 0.894 bits per heavy atom. The van der Waals surface area contributed by atoms with Crippen LogP contribution in [0, 0.1) is 23.7 Å². The second-order valence-electron chi connectivity index (χ2n) is 14.5. The fraction of sp³-hybridized carbons (Fsp3) is 0.833. The predicted molar refractivity (Wildman–Crippen MR) is 186 cm³/mol. The smallest absolute Gasteiger partial charge is 0.313 e. The number of hydrogen-bond donors (Lipinski definition) is 0. The minimum atomic E-state index is -0.468. The molecule has 2 heterocycles. The number of likely N-dealkylation sites (N-methyl/N-ethyl adjacent to an activating group) is 1. The molecule has 2 saturated carbocycles. The summed E-state index contributed by atoms with van der Waals surface area (Å²) in [7, 11) is 2.22. The van der Waals surface area contributed by atoms with Gasteiger partial charge in [0.05, 0.1) is 43.8 Å². The van der Waals surface area contributed by atoms with Crippen LogP contribution in [0.2, 0.25) is 0 Å². The van der Waals surface area contributed by atoms with E-state index in [1.807, 2.05) is 13.8 Å². The number of unbranched alkanes of at least 4 members (excludes halogenated alkanes) is 3. The van der Waals surface area contributed by atoms with Crippen molar-refractivity contribution in [2.75, 3.05) is 26.7 Å². The van der Waals surface area contributed by atoms with E-state index in [0.29, 0.717) is 17.0 Å². The predicted octanol–water partition coefficient (Wildman–Crippen LogP) is 6.17. The van der Waals surface area contributed by atoms with Crippen LogP contribution in [0.15, 0.2) is 6.08 Å². The van der Waals surface area contributed by atoms with Crippen molar-refractivity contribution in [1.29, 1.82) is 0 Å². The number of hydrogen-bond acceptors (Lipinski definition) is 8. The normalized spacial score (nSPS) is 21.9. The maximum atomic E-state index is 13.0. The Morgan fingerprint density at radius 3 is 2.04 bits per heavy atom. The van der Waals surface area contributed by atoms with Gasteiger partial charge in [0.25, 0.3) is 5.88 Å². The summed E-state index contributed by atoms with van der Waals surface area (Å²) in [6, 6.07) is 0. The van der Waals surface area contributed by atoms with Crippen LogP contribution in [0.1, 0.15) is 137 Å². The lowest BCUT2D eigenvalue weighted by Crippen LogP contribution is -3.00. The molecule has 1 aliphatic heterocycles. The van der Waals surface area contributed by atoms with Crippen molar-refractivity contribution < 1.29 is 52.3 Å². The number of quaternary nitrogens is 1. The minimum absolute atomic E-state index is 0. The van der Waals surface area contributed by atoms with Crippen LogP contribution in [0.4, 0.5) is 0 Å². The molecule has 3 aliphatic rings. The molecular formula is C36H61ClIN3O5S. The zero-order valence-corrected chi connectivity index (χ0v) is 33.5. The second-order valence-corrected chi connectivity index (χ2v) is 15.4. The van der Waals surface area contributed by atoms with Crippen LogP contribution >= 0.6 is 23.3 Å². The van der Waals surface area contributed by atoms with E-state index < -0.39 is 5.56 Å². The highest BCUT2D eigenvalue weighted by molar-refractivity contribution is 6.99. The van der Waals surface area contributed by atoms with Gasteiger partial charge < -0.3 is 38.2 Å². The lowest BCUT2D eigenvalue weighted by atomic mass is 9.89. The van der Waals surface area contributed by atoms with Crippen molar-refractivity contribution in [3.8, 4) is 5.88 Å². The number of carbonyl (C=O) groups is 2. The number of esters is 2. The Bertz CT molecular complexity index is 1090. The molecule has 11 heteroatoms. The van der Waals surface area contributed by atoms with Crippen LogP contribution in [-0.2, 0) is 19.1 Å². The van der Waals surface area contributed by atoms with Gasteiger partial charge in [0.2, 0.25) is 6.23 Å². The average Bonchev–Trinajstić information content (AvgIpc) is 3.53. The molecule has 0 radical (unpaired) electrons. The van der Waals surface area contributed by atoms with Crippen molar-refractivity contribution in [2.24, 2.45) is 23.7 Å². The summed E-state index contributed by atoms with van der Waals surface area (Å²) in [5.74, 6) is 1.17. The van der Waals surface area contributed by atoms with Gasteiger partial charge in [-0.1, -0.05) is 110 Å². The molecule has 0 amide bonds. The fourth-order valence-corrected chi connectivity index (χ4v) is 7.46. The number of aromatic nitrogens is 2. The summed E-state index contributed by atoms with van der Waals surface area (Å²) in [6.07, 6.45) is 18.7. The van der Waals surface area contributed by atoms with Gasteiger partial charge in [-0.25, -0.2) is 0 Å². The van der Waals surface area contributed by atoms with Crippen molar-refractivity contribution >= 4 is 40.8 Å². The standard InChI is InChI=1S/C25H42N3O3S.C11H19ClO2.HI/c1-5-6-7-11-17-30-23-22(26-32-27-23)21-15-12-16-28(4,18-21)24(19(2)3)31-25(29)20-13-9-8-10-14-20;1-8(2)10(12)14-11(13)9-6-4-3-5-7-9;/h15,19-20,24H,5-14,16-18H2,1-4H3;8-10H,3-7H2,1-2H3;1H/q+1;;/p-1. The Labute approximate surface area is 311 Å². The maximum absolute atomic E-state index is 13.0. The van der Waals surface area contributed by atoms with E-state index in [0.717, 1.165) is 88.6 Å². The number of nitrogens with zero attached hydrogens (tertiary/aromatic N) is 3. The first-order valence-electron chi connectivity index (χ1n) is 18.1. The van der Waals surface area contributed by atoms with E-state index in [-0.39, 0.29) is 65.8 Å². The zero-order valence-electron chi connectivity index (χ0n) is 29.8. The third-order valence-corrected chi connectivity index (χ3v) is 10.7. The van der Waals surface area contributed by atoms with E-state index >= 15 is 0 Å². The van der Waals surface area contributed by atoms with E-state index in [4.69, 9.17) is 25.8 Å². The van der Waals surface area contributed by atoms with Gasteiger partial charge >= 0.3 is 11.9 Å². The molecule has 0 saturated heterocycles. The molecular weight excluding hydrogens is 749 g/mol. The first-order chi connectivity index (χ1) is 22.1. The Hall–Kier alpha value is -0.980.